The molecule has 0 saturated carbocycles. The molecule has 0 heterocycles. The molecular weight excluding hydrogens is 450 g/mol. The second-order valence-corrected chi connectivity index (χ2v) is 8.44. The van der Waals surface area contributed by atoms with Crippen molar-refractivity contribution >= 4 is 30.0 Å². The molecule has 0 unspecified atom stereocenters. The molecule has 0 bridgehead atoms. The minimum atomic E-state index is -1.27. The van der Waals surface area contributed by atoms with Gasteiger partial charge in [-0.05, 0) is 30.0 Å². The Labute approximate surface area is 204 Å². The van der Waals surface area contributed by atoms with Crippen LogP contribution in [0.2, 0.25) is 0 Å². The van der Waals surface area contributed by atoms with Gasteiger partial charge in [0.15, 0.2) is 0 Å². The smallest absolute Gasteiger partial charge is 0.326 e. The summed E-state index contributed by atoms with van der Waals surface area (Å²) in [5, 5.41) is 14.5. The largest absolute Gasteiger partial charge is 0.480 e. The van der Waals surface area contributed by atoms with Crippen LogP contribution in [-0.4, -0.2) is 58.6 Å². The number of carboxylic acids is 1. The van der Waals surface area contributed by atoms with Crippen LogP contribution in [0.4, 0.5) is 0 Å². The number of benzene rings is 2. The van der Waals surface area contributed by atoms with E-state index in [1.165, 1.54) is 4.90 Å². The summed E-state index contributed by atoms with van der Waals surface area (Å²) >= 11 is 0. The molecule has 0 aliphatic rings. The van der Waals surface area contributed by atoms with Gasteiger partial charge in [-0.2, -0.15) is 0 Å². The Morgan fingerprint density at radius 2 is 1.54 bits per heavy atom. The van der Waals surface area contributed by atoms with E-state index in [0.29, 0.717) is 11.8 Å². The van der Waals surface area contributed by atoms with Crippen molar-refractivity contribution in [2.45, 2.75) is 45.3 Å². The number of carbonyl (C=O) groups is 5. The van der Waals surface area contributed by atoms with E-state index in [2.05, 4.69) is 10.6 Å². The number of aldehydes is 1. The van der Waals surface area contributed by atoms with E-state index in [0.717, 1.165) is 5.56 Å². The van der Waals surface area contributed by atoms with Gasteiger partial charge in [0.05, 0.1) is 6.54 Å². The van der Waals surface area contributed by atoms with Crippen molar-refractivity contribution in [3.8, 4) is 0 Å². The standard InChI is InChI=1S/C26H31N3O6/c1-18(2)23(28-24(32)20-12-7-4-8-13-20)25(33)29(16-19-10-5-3-6-11-19)17-22(31)27-21(26(34)35)14-9-15-30/h3-8,10-13,15,18,21,23H,9,14,16-17H2,1-2H3,(H,27,31)(H,28,32)(H,34,35)/t21-,23+/m1/s1. The normalized spacial score (nSPS) is 12.3. The Morgan fingerprint density at radius 3 is 2.09 bits per heavy atom. The minimum Gasteiger partial charge on any atom is -0.480 e. The highest BCUT2D eigenvalue weighted by atomic mass is 16.4. The number of nitrogens with one attached hydrogen (secondary N) is 2. The fraction of sp³-hybridized carbons (Fsp3) is 0.346. The van der Waals surface area contributed by atoms with Crippen LogP contribution in [0.3, 0.4) is 0 Å². The van der Waals surface area contributed by atoms with Gasteiger partial charge in [0, 0.05) is 18.5 Å². The van der Waals surface area contributed by atoms with Crippen LogP contribution in [0.5, 0.6) is 0 Å². The van der Waals surface area contributed by atoms with Crippen LogP contribution < -0.4 is 10.6 Å². The molecule has 35 heavy (non-hydrogen) atoms. The molecular formula is C26H31N3O6. The number of nitrogens with zero attached hydrogens (tertiary/aromatic N) is 1. The van der Waals surface area contributed by atoms with Gasteiger partial charge in [-0.1, -0.05) is 62.4 Å². The maximum absolute atomic E-state index is 13.6. The third-order valence-corrected chi connectivity index (χ3v) is 5.32. The molecule has 2 atom stereocenters. The Hall–Kier alpha value is -4.01. The molecule has 9 heteroatoms. The molecule has 0 saturated heterocycles. The predicted molar refractivity (Wildman–Crippen MR) is 129 cm³/mol. The van der Waals surface area contributed by atoms with Crippen LogP contribution in [0.15, 0.2) is 60.7 Å². The number of carboxylic acid groups (broad SMARTS) is 1. The van der Waals surface area contributed by atoms with Gasteiger partial charge in [-0.15, -0.1) is 0 Å². The summed E-state index contributed by atoms with van der Waals surface area (Å²) in [7, 11) is 0. The van der Waals surface area contributed by atoms with Crippen LogP contribution in [0.25, 0.3) is 0 Å². The monoisotopic (exact) mass is 481 g/mol. The summed E-state index contributed by atoms with van der Waals surface area (Å²) in [5.74, 6) is -3.11. The SMILES string of the molecule is CC(C)[C@H](NC(=O)c1ccccc1)C(=O)N(CC(=O)N[C@H](CCC=O)C(=O)O)Cc1ccccc1. The molecule has 0 fully saturated rings. The Kier molecular flexibility index (Phi) is 10.6. The summed E-state index contributed by atoms with van der Waals surface area (Å²) in [6.07, 6.45) is 0.500. The summed E-state index contributed by atoms with van der Waals surface area (Å²) in [6, 6.07) is 15.4. The van der Waals surface area contributed by atoms with E-state index >= 15 is 0 Å². The summed E-state index contributed by atoms with van der Waals surface area (Å²) < 4.78 is 0. The second kappa shape index (κ2) is 13.6. The molecule has 0 spiro atoms. The van der Waals surface area contributed by atoms with Crippen molar-refractivity contribution in [1.82, 2.24) is 15.5 Å². The first-order valence-corrected chi connectivity index (χ1v) is 11.4. The van der Waals surface area contributed by atoms with Crippen molar-refractivity contribution in [1.29, 1.82) is 0 Å². The zero-order chi connectivity index (χ0) is 25.8. The lowest BCUT2D eigenvalue weighted by molar-refractivity contribution is -0.143. The summed E-state index contributed by atoms with van der Waals surface area (Å²) in [6.45, 7) is 3.25. The lowest BCUT2D eigenvalue weighted by Crippen LogP contribution is -2.54. The quantitative estimate of drug-likeness (QED) is 0.375. The second-order valence-electron chi connectivity index (χ2n) is 8.44. The molecule has 0 radical (unpaired) electrons. The molecule has 2 aromatic carbocycles. The average Bonchev–Trinajstić information content (AvgIpc) is 2.85. The van der Waals surface area contributed by atoms with Crippen LogP contribution >= 0.6 is 0 Å². The van der Waals surface area contributed by atoms with Gasteiger partial charge >= 0.3 is 5.97 Å². The molecule has 0 aliphatic carbocycles. The molecule has 3 N–H and O–H groups in total. The predicted octanol–water partition coefficient (Wildman–Crippen LogP) is 2.02. The van der Waals surface area contributed by atoms with Gasteiger partial charge in [0.25, 0.3) is 5.91 Å². The average molecular weight is 482 g/mol. The third-order valence-electron chi connectivity index (χ3n) is 5.32. The van der Waals surface area contributed by atoms with Crippen molar-refractivity contribution in [3.63, 3.8) is 0 Å². The van der Waals surface area contributed by atoms with Crippen molar-refractivity contribution in [2.75, 3.05) is 6.54 Å². The van der Waals surface area contributed by atoms with Crippen LogP contribution in [0, 0.1) is 5.92 Å². The van der Waals surface area contributed by atoms with Crippen molar-refractivity contribution in [3.05, 3.63) is 71.8 Å². The molecule has 186 valence electrons. The summed E-state index contributed by atoms with van der Waals surface area (Å²) in [5.41, 5.74) is 1.17. The summed E-state index contributed by atoms with van der Waals surface area (Å²) in [4.78, 5) is 62.4. The first-order valence-electron chi connectivity index (χ1n) is 11.4. The maximum atomic E-state index is 13.6. The zero-order valence-corrected chi connectivity index (χ0v) is 19.8. The van der Waals surface area contributed by atoms with E-state index in [-0.39, 0.29) is 25.3 Å². The van der Waals surface area contributed by atoms with E-state index in [1.54, 1.807) is 68.4 Å². The number of carbonyl (C=O) groups excluding carboxylic acids is 4. The molecule has 0 aliphatic heterocycles. The van der Waals surface area contributed by atoms with Crippen molar-refractivity contribution < 1.29 is 29.1 Å². The fourth-order valence-electron chi connectivity index (χ4n) is 3.45. The number of amides is 3. The number of hydrogen-bond acceptors (Lipinski definition) is 5. The number of aliphatic carboxylic acids is 1. The highest BCUT2D eigenvalue weighted by Crippen LogP contribution is 2.12. The number of rotatable bonds is 13. The third kappa shape index (κ3) is 8.69. The lowest BCUT2D eigenvalue weighted by atomic mass is 10.0. The lowest BCUT2D eigenvalue weighted by Gasteiger charge is -2.30. The Balaban J connectivity index is 2.23. The highest BCUT2D eigenvalue weighted by Gasteiger charge is 2.31. The molecule has 2 aromatic rings. The highest BCUT2D eigenvalue weighted by molar-refractivity contribution is 5.98. The maximum Gasteiger partial charge on any atom is 0.326 e. The minimum absolute atomic E-state index is 0.0230. The first-order chi connectivity index (χ1) is 16.7. The fourth-order valence-corrected chi connectivity index (χ4v) is 3.45. The first kappa shape index (κ1) is 27.2. The molecule has 3 amide bonds. The Bertz CT molecular complexity index is 1010. The van der Waals surface area contributed by atoms with E-state index < -0.39 is 42.3 Å². The topological polar surface area (TPSA) is 133 Å². The van der Waals surface area contributed by atoms with Gasteiger partial charge in [-0.3, -0.25) is 14.4 Å². The Morgan fingerprint density at radius 1 is 0.943 bits per heavy atom. The molecule has 0 aromatic heterocycles. The van der Waals surface area contributed by atoms with Crippen LogP contribution in [-0.2, 0) is 25.7 Å². The molecule has 9 nitrogen and oxygen atoms in total. The number of hydrogen-bond donors (Lipinski definition) is 3. The van der Waals surface area contributed by atoms with Gasteiger partial charge in [0.1, 0.15) is 18.4 Å². The van der Waals surface area contributed by atoms with Crippen molar-refractivity contribution in [2.24, 2.45) is 5.92 Å². The van der Waals surface area contributed by atoms with Crippen LogP contribution in [0.1, 0.15) is 42.6 Å². The van der Waals surface area contributed by atoms with E-state index in [4.69, 9.17) is 0 Å². The van der Waals surface area contributed by atoms with E-state index in [9.17, 15) is 29.1 Å². The van der Waals surface area contributed by atoms with E-state index in [1.807, 2.05) is 6.07 Å². The van der Waals surface area contributed by atoms with Gasteiger partial charge < -0.3 is 25.4 Å². The zero-order valence-electron chi connectivity index (χ0n) is 19.8. The molecule has 2 rings (SSSR count). The van der Waals surface area contributed by atoms with Gasteiger partial charge in [0.2, 0.25) is 11.8 Å². The van der Waals surface area contributed by atoms with Gasteiger partial charge in [-0.25, -0.2) is 4.79 Å².